The summed E-state index contributed by atoms with van der Waals surface area (Å²) in [6.07, 6.45) is 2.64. The number of carboxylic acids is 10. The average molecular weight is 855 g/mol. The van der Waals surface area contributed by atoms with E-state index < -0.39 is 59.7 Å². The third kappa shape index (κ3) is 152. The highest BCUT2D eigenvalue weighted by molar-refractivity contribution is 5.73. The Morgan fingerprint density at radius 2 is 0.466 bits per heavy atom. The highest BCUT2D eigenvalue weighted by Crippen LogP contribution is 2.04. The molecule has 0 spiro atoms. The number of unbranched alkanes of at least 4 members (excludes halogenated alkanes) is 3. The molecule has 0 aromatic carbocycles. The van der Waals surface area contributed by atoms with Gasteiger partial charge in [-0.3, -0.25) is 62.6 Å². The van der Waals surface area contributed by atoms with Gasteiger partial charge in [-0.1, -0.05) is 12.8 Å². The van der Waals surface area contributed by atoms with E-state index in [2.05, 4.69) is 4.90 Å². The lowest BCUT2D eigenvalue weighted by atomic mass is 10.1. The predicted molar refractivity (Wildman–Crippen MR) is 205 cm³/mol. The molecule has 0 unspecified atom stereocenters. The van der Waals surface area contributed by atoms with Gasteiger partial charge in [-0.15, -0.1) is 0 Å². The summed E-state index contributed by atoms with van der Waals surface area (Å²) in [7, 11) is 0. The van der Waals surface area contributed by atoms with Crippen molar-refractivity contribution in [3.05, 3.63) is 0 Å². The summed E-state index contributed by atoms with van der Waals surface area (Å²) in [5.74, 6) is -9.35. The lowest BCUT2D eigenvalue weighted by Gasteiger charge is -2.19. The van der Waals surface area contributed by atoms with Crippen LogP contribution in [0.2, 0.25) is 0 Å². The van der Waals surface area contributed by atoms with Crippen molar-refractivity contribution in [3.8, 4) is 0 Å². The quantitative estimate of drug-likeness (QED) is 0.0566. The zero-order valence-electron chi connectivity index (χ0n) is 33.9. The minimum absolute atomic E-state index is 0.336. The van der Waals surface area contributed by atoms with Gasteiger partial charge in [0.05, 0.1) is 26.2 Å². The summed E-state index contributed by atoms with van der Waals surface area (Å²) in [5, 5.41) is 79.3. The summed E-state index contributed by atoms with van der Waals surface area (Å²) in [5.41, 5.74) is 16.1. The van der Waals surface area contributed by atoms with E-state index in [1.54, 1.807) is 0 Å². The molecule has 0 aromatic heterocycles. The standard InChI is InChI=1S/C14H24N2O8.C6H18N4.6C2H4O2/c17-11(18)7-15(8-12(19)20)5-3-1-2-4-6-16(9-13(21)22)10-14(23)24;7-1-4-10(5-2-8)6-3-9;6*1-2(3)4/h1-10H2,(H,17,18)(H,19,20)(H,21,22)(H,23,24);1-9H2;6*1H3,(H,3,4). The van der Waals surface area contributed by atoms with Crippen molar-refractivity contribution in [1.29, 1.82) is 0 Å². The van der Waals surface area contributed by atoms with Crippen LogP contribution in [-0.4, -0.2) is 204 Å². The molecule has 0 fully saturated rings. The Hall–Kier alpha value is -5.54. The Balaban J connectivity index is -0.0000000998. The largest absolute Gasteiger partial charge is 0.481 e. The van der Waals surface area contributed by atoms with Gasteiger partial charge in [0.15, 0.2) is 0 Å². The van der Waals surface area contributed by atoms with E-state index in [-0.39, 0.29) is 26.2 Å². The maximum absolute atomic E-state index is 10.6. The molecule has 344 valence electrons. The van der Waals surface area contributed by atoms with Crippen molar-refractivity contribution in [2.24, 2.45) is 17.2 Å². The number of rotatable bonds is 21. The van der Waals surface area contributed by atoms with Gasteiger partial charge in [0.25, 0.3) is 35.8 Å². The first-order valence-electron chi connectivity index (χ1n) is 16.8. The highest BCUT2D eigenvalue weighted by Gasteiger charge is 2.14. The number of carboxylic acid groups (broad SMARTS) is 10. The van der Waals surface area contributed by atoms with Crippen LogP contribution in [0.4, 0.5) is 0 Å². The highest BCUT2D eigenvalue weighted by atomic mass is 16.4. The molecule has 0 aliphatic carbocycles. The fraction of sp³-hybridized carbons (Fsp3) is 0.688. The van der Waals surface area contributed by atoms with Crippen LogP contribution in [0.1, 0.15) is 67.2 Å². The molecular formula is C32H66N6O20. The van der Waals surface area contributed by atoms with Crippen molar-refractivity contribution in [2.75, 3.05) is 78.5 Å². The minimum atomic E-state index is -1.09. The van der Waals surface area contributed by atoms with E-state index in [0.29, 0.717) is 58.4 Å². The van der Waals surface area contributed by atoms with Crippen molar-refractivity contribution in [3.63, 3.8) is 0 Å². The number of nitrogens with zero attached hydrogens (tertiary/aromatic N) is 3. The Morgan fingerprint density at radius 1 is 0.310 bits per heavy atom. The van der Waals surface area contributed by atoms with Gasteiger partial charge in [-0.25, -0.2) is 0 Å². The molecule has 0 saturated heterocycles. The van der Waals surface area contributed by atoms with Crippen LogP contribution < -0.4 is 17.2 Å². The molecule has 0 aromatic rings. The van der Waals surface area contributed by atoms with E-state index in [1.807, 2.05) is 0 Å². The molecule has 26 nitrogen and oxygen atoms in total. The zero-order valence-corrected chi connectivity index (χ0v) is 33.9. The molecule has 58 heavy (non-hydrogen) atoms. The van der Waals surface area contributed by atoms with E-state index in [9.17, 15) is 19.2 Å². The van der Waals surface area contributed by atoms with Crippen LogP contribution in [0.15, 0.2) is 0 Å². The molecule has 0 amide bonds. The van der Waals surface area contributed by atoms with Gasteiger partial charge in [-0.2, -0.15) is 0 Å². The molecule has 0 heterocycles. The SMILES string of the molecule is CC(=O)O.CC(=O)O.CC(=O)O.CC(=O)O.CC(=O)O.CC(=O)O.NCCN(CCN)CCN.O=C(O)CN(CCCCCCN(CC(=O)O)CC(=O)O)CC(=O)O. The number of nitrogens with two attached hydrogens (primary N) is 3. The monoisotopic (exact) mass is 854 g/mol. The maximum Gasteiger partial charge on any atom is 0.317 e. The summed E-state index contributed by atoms with van der Waals surface area (Å²) in [6.45, 7) is 10.6. The lowest BCUT2D eigenvalue weighted by Crippen LogP contribution is -2.37. The molecule has 0 rings (SSSR count). The Bertz CT molecular complexity index is 924. The van der Waals surface area contributed by atoms with Gasteiger partial charge >= 0.3 is 23.9 Å². The summed E-state index contributed by atoms with van der Waals surface area (Å²) in [4.78, 5) is 101. The number of hydrogen-bond acceptors (Lipinski definition) is 16. The van der Waals surface area contributed by atoms with Crippen LogP contribution in [0, 0.1) is 0 Å². The Morgan fingerprint density at radius 3 is 0.586 bits per heavy atom. The van der Waals surface area contributed by atoms with E-state index in [0.717, 1.165) is 61.2 Å². The first-order valence-corrected chi connectivity index (χ1v) is 16.8. The molecule has 0 atom stereocenters. The summed E-state index contributed by atoms with van der Waals surface area (Å²) < 4.78 is 0. The van der Waals surface area contributed by atoms with E-state index >= 15 is 0 Å². The smallest absolute Gasteiger partial charge is 0.317 e. The zero-order chi connectivity index (χ0) is 47.8. The number of hydrogen-bond donors (Lipinski definition) is 13. The molecule has 26 heteroatoms. The van der Waals surface area contributed by atoms with Crippen LogP contribution in [-0.2, 0) is 47.9 Å². The lowest BCUT2D eigenvalue weighted by molar-refractivity contribution is -0.143. The van der Waals surface area contributed by atoms with Gasteiger partial charge in [0.1, 0.15) is 0 Å². The van der Waals surface area contributed by atoms with Crippen LogP contribution in [0.25, 0.3) is 0 Å². The molecular weight excluding hydrogens is 788 g/mol. The summed E-state index contributed by atoms with van der Waals surface area (Å²) >= 11 is 0. The predicted octanol–water partition coefficient (Wildman–Crippen LogP) is -1.80. The first kappa shape index (κ1) is 70.3. The van der Waals surface area contributed by atoms with Gasteiger partial charge < -0.3 is 68.3 Å². The topological polar surface area (TPSA) is 461 Å². The fourth-order valence-corrected chi connectivity index (χ4v) is 3.10. The van der Waals surface area contributed by atoms with Gasteiger partial charge in [0, 0.05) is 80.8 Å². The second-order valence-electron chi connectivity index (χ2n) is 10.7. The minimum Gasteiger partial charge on any atom is -0.481 e. The van der Waals surface area contributed by atoms with Gasteiger partial charge in [-0.05, 0) is 25.9 Å². The average Bonchev–Trinajstić information content (AvgIpc) is 2.96. The molecule has 0 bridgehead atoms. The normalized spacial score (nSPS) is 8.97. The second kappa shape index (κ2) is 53.6. The maximum atomic E-state index is 10.6. The van der Waals surface area contributed by atoms with Crippen molar-refractivity contribution >= 4 is 59.7 Å². The molecule has 0 aliphatic heterocycles. The van der Waals surface area contributed by atoms with Crippen LogP contribution in [0.3, 0.4) is 0 Å². The van der Waals surface area contributed by atoms with Crippen molar-refractivity contribution in [2.45, 2.75) is 67.2 Å². The molecule has 0 saturated carbocycles. The summed E-state index contributed by atoms with van der Waals surface area (Å²) in [6, 6.07) is 0. The Kier molecular flexibility index (Phi) is 64.9. The van der Waals surface area contributed by atoms with Crippen molar-refractivity contribution < 1.29 is 99.0 Å². The first-order chi connectivity index (χ1) is 26.4. The molecule has 16 N–H and O–H groups in total. The molecule has 0 aliphatic rings. The number of aliphatic carboxylic acids is 10. The fourth-order valence-electron chi connectivity index (χ4n) is 3.10. The second-order valence-corrected chi connectivity index (χ2v) is 10.7. The van der Waals surface area contributed by atoms with Gasteiger partial charge in [0.2, 0.25) is 0 Å². The third-order valence-electron chi connectivity index (χ3n) is 4.47. The number of carbonyl (C=O) groups is 10. The third-order valence-corrected chi connectivity index (χ3v) is 4.47. The van der Waals surface area contributed by atoms with E-state index in [1.165, 1.54) is 9.80 Å². The van der Waals surface area contributed by atoms with Crippen LogP contribution in [0.5, 0.6) is 0 Å². The van der Waals surface area contributed by atoms with Crippen molar-refractivity contribution in [1.82, 2.24) is 14.7 Å². The Labute approximate surface area is 336 Å². The van der Waals surface area contributed by atoms with E-state index in [4.69, 9.17) is 97.0 Å². The molecule has 0 radical (unpaired) electrons. The van der Waals surface area contributed by atoms with Crippen LogP contribution >= 0.6 is 0 Å².